The highest BCUT2D eigenvalue weighted by atomic mass is 35.5. The van der Waals surface area contributed by atoms with Gasteiger partial charge in [0.05, 0.1) is 24.3 Å². The summed E-state index contributed by atoms with van der Waals surface area (Å²) in [5.74, 6) is 0.792. The lowest BCUT2D eigenvalue weighted by Crippen LogP contribution is -2.34. The van der Waals surface area contributed by atoms with E-state index in [2.05, 4.69) is 20.6 Å². The van der Waals surface area contributed by atoms with Crippen molar-refractivity contribution in [1.29, 1.82) is 0 Å². The van der Waals surface area contributed by atoms with Crippen LogP contribution in [0.2, 0.25) is 5.02 Å². The van der Waals surface area contributed by atoms with Crippen molar-refractivity contribution in [3.8, 4) is 23.1 Å². The van der Waals surface area contributed by atoms with Gasteiger partial charge in [-0.3, -0.25) is 10.1 Å². The van der Waals surface area contributed by atoms with Crippen molar-refractivity contribution in [1.82, 2.24) is 15.3 Å². The van der Waals surface area contributed by atoms with Crippen LogP contribution in [-0.2, 0) is 0 Å². The molecule has 2 aromatic heterocycles. The number of rotatable bonds is 7. The molecule has 10 heteroatoms. The number of hydrogen-bond donors (Lipinski definition) is 2. The lowest BCUT2D eigenvalue weighted by atomic mass is 10.2. The van der Waals surface area contributed by atoms with Crippen LogP contribution in [0.15, 0.2) is 46.9 Å². The first-order valence-electron chi connectivity index (χ1n) is 9.12. The van der Waals surface area contributed by atoms with Crippen molar-refractivity contribution >= 4 is 40.8 Å². The molecule has 8 nitrogen and oxygen atoms in total. The first-order valence-corrected chi connectivity index (χ1v) is 9.90. The van der Waals surface area contributed by atoms with E-state index in [1.807, 2.05) is 26.0 Å². The minimum absolute atomic E-state index is 0.00760. The van der Waals surface area contributed by atoms with Crippen LogP contribution < -0.4 is 20.1 Å². The molecule has 3 rings (SSSR count). The molecule has 0 aliphatic carbocycles. The number of benzene rings is 1. The Labute approximate surface area is 183 Å². The molecule has 3 aromatic rings. The first kappa shape index (κ1) is 21.5. The lowest BCUT2D eigenvalue weighted by Gasteiger charge is -2.11. The average Bonchev–Trinajstić information content (AvgIpc) is 3.19. The summed E-state index contributed by atoms with van der Waals surface area (Å²) >= 11 is 11.3. The van der Waals surface area contributed by atoms with Gasteiger partial charge in [-0.1, -0.05) is 23.7 Å². The molecule has 1 aromatic carbocycles. The van der Waals surface area contributed by atoms with Crippen molar-refractivity contribution < 1.29 is 18.7 Å². The number of aromatic nitrogens is 2. The van der Waals surface area contributed by atoms with Gasteiger partial charge in [0.25, 0.3) is 5.91 Å². The van der Waals surface area contributed by atoms with E-state index in [1.54, 1.807) is 24.3 Å². The third-order valence-corrected chi connectivity index (χ3v) is 4.22. The van der Waals surface area contributed by atoms with E-state index in [0.29, 0.717) is 41.3 Å². The molecular formula is C20H19ClN4O4S. The molecule has 2 N–H and O–H groups in total. The van der Waals surface area contributed by atoms with Gasteiger partial charge in [0.1, 0.15) is 5.76 Å². The number of halogens is 1. The van der Waals surface area contributed by atoms with Crippen molar-refractivity contribution in [2.45, 2.75) is 13.8 Å². The SMILES string of the molecule is CCOc1cc(OCC)nc(NC(=S)NC(=O)c2ccc(-c3ccccc3Cl)o2)n1. The minimum Gasteiger partial charge on any atom is -0.478 e. The maximum absolute atomic E-state index is 12.5. The Bertz CT molecular complexity index is 1030. The number of carbonyl (C=O) groups excluding carboxylic acids is 1. The first-order chi connectivity index (χ1) is 14.5. The van der Waals surface area contributed by atoms with Gasteiger partial charge in [-0.25, -0.2) is 0 Å². The Morgan fingerprint density at radius 1 is 1.10 bits per heavy atom. The van der Waals surface area contributed by atoms with Crippen LogP contribution in [0.25, 0.3) is 11.3 Å². The molecule has 0 saturated heterocycles. The van der Waals surface area contributed by atoms with Gasteiger partial charge in [-0.05, 0) is 50.3 Å². The van der Waals surface area contributed by atoms with Crippen molar-refractivity contribution in [3.05, 3.63) is 53.2 Å². The van der Waals surface area contributed by atoms with E-state index >= 15 is 0 Å². The number of thiocarbonyl (C=S) groups is 1. The van der Waals surface area contributed by atoms with E-state index in [0.717, 1.165) is 0 Å². The molecular weight excluding hydrogens is 428 g/mol. The van der Waals surface area contributed by atoms with Gasteiger partial charge in [0, 0.05) is 5.56 Å². The van der Waals surface area contributed by atoms with Crippen LogP contribution in [0.3, 0.4) is 0 Å². The smallest absolute Gasteiger partial charge is 0.293 e. The van der Waals surface area contributed by atoms with Crippen LogP contribution in [-0.4, -0.2) is 34.2 Å². The summed E-state index contributed by atoms with van der Waals surface area (Å²) in [5, 5.41) is 5.78. The third-order valence-electron chi connectivity index (χ3n) is 3.69. The van der Waals surface area contributed by atoms with Gasteiger partial charge in [-0.15, -0.1) is 0 Å². The highest BCUT2D eigenvalue weighted by Gasteiger charge is 2.16. The van der Waals surface area contributed by atoms with E-state index in [9.17, 15) is 4.79 Å². The summed E-state index contributed by atoms with van der Waals surface area (Å²) in [6.07, 6.45) is 0. The molecule has 0 radical (unpaired) electrons. The number of ether oxygens (including phenoxy) is 2. The van der Waals surface area contributed by atoms with Gasteiger partial charge < -0.3 is 19.2 Å². The Kier molecular flexibility index (Phi) is 7.21. The summed E-state index contributed by atoms with van der Waals surface area (Å²) in [7, 11) is 0. The van der Waals surface area contributed by atoms with Gasteiger partial charge in [-0.2, -0.15) is 9.97 Å². The molecule has 0 unspecified atom stereocenters. The quantitative estimate of drug-likeness (QED) is 0.518. The maximum atomic E-state index is 12.5. The Morgan fingerprint density at radius 2 is 1.77 bits per heavy atom. The fourth-order valence-electron chi connectivity index (χ4n) is 2.47. The number of nitrogens with one attached hydrogen (secondary N) is 2. The molecule has 0 spiro atoms. The number of amides is 1. The fourth-order valence-corrected chi connectivity index (χ4v) is 2.88. The molecule has 0 aliphatic heterocycles. The number of anilines is 1. The Morgan fingerprint density at radius 3 is 2.40 bits per heavy atom. The molecule has 30 heavy (non-hydrogen) atoms. The topological polar surface area (TPSA) is 98.5 Å². The zero-order valence-corrected chi connectivity index (χ0v) is 17.8. The fraction of sp³-hybridized carbons (Fsp3) is 0.200. The number of furan rings is 1. The normalized spacial score (nSPS) is 10.4. The molecule has 1 amide bonds. The second kappa shape index (κ2) is 10.0. The summed E-state index contributed by atoms with van der Waals surface area (Å²) in [6, 6.07) is 11.9. The highest BCUT2D eigenvalue weighted by molar-refractivity contribution is 7.80. The monoisotopic (exact) mass is 446 g/mol. The predicted molar refractivity (Wildman–Crippen MR) is 117 cm³/mol. The van der Waals surface area contributed by atoms with E-state index in [1.165, 1.54) is 6.07 Å². The summed E-state index contributed by atoms with van der Waals surface area (Å²) in [5.41, 5.74) is 0.684. The van der Waals surface area contributed by atoms with Crippen molar-refractivity contribution in [2.75, 3.05) is 18.5 Å². The maximum Gasteiger partial charge on any atom is 0.293 e. The number of hydrogen-bond acceptors (Lipinski definition) is 7. The van der Waals surface area contributed by atoms with Crippen LogP contribution in [0.5, 0.6) is 11.8 Å². The summed E-state index contributed by atoms with van der Waals surface area (Å²) < 4.78 is 16.4. The molecule has 0 fully saturated rings. The van der Waals surface area contributed by atoms with Gasteiger partial charge in [0.15, 0.2) is 10.9 Å². The van der Waals surface area contributed by atoms with E-state index in [4.69, 9.17) is 37.7 Å². The molecule has 0 bridgehead atoms. The minimum atomic E-state index is -0.531. The zero-order chi connectivity index (χ0) is 21.5. The Balaban J connectivity index is 1.68. The number of nitrogens with zero attached hydrogens (tertiary/aromatic N) is 2. The van der Waals surface area contributed by atoms with Crippen molar-refractivity contribution in [3.63, 3.8) is 0 Å². The second-order valence-electron chi connectivity index (χ2n) is 5.79. The molecule has 0 atom stereocenters. The van der Waals surface area contributed by atoms with Gasteiger partial charge in [0.2, 0.25) is 17.7 Å². The second-order valence-corrected chi connectivity index (χ2v) is 6.60. The standard InChI is InChI=1S/C20H19ClN4O4S/c1-3-27-16-11-17(28-4-2)23-19(22-16)25-20(30)24-18(26)15-10-9-14(29-15)12-7-5-6-8-13(12)21/h5-11H,3-4H2,1-2H3,(H2,22,23,24,25,26,30). The van der Waals surface area contributed by atoms with E-state index < -0.39 is 5.91 Å². The zero-order valence-electron chi connectivity index (χ0n) is 16.3. The lowest BCUT2D eigenvalue weighted by molar-refractivity contribution is 0.0951. The van der Waals surface area contributed by atoms with Crippen LogP contribution in [0, 0.1) is 0 Å². The van der Waals surface area contributed by atoms with Crippen LogP contribution >= 0.6 is 23.8 Å². The Hall–Kier alpha value is -3.17. The molecule has 156 valence electrons. The average molecular weight is 447 g/mol. The summed E-state index contributed by atoms with van der Waals surface area (Å²) in [4.78, 5) is 20.8. The largest absolute Gasteiger partial charge is 0.478 e. The van der Waals surface area contributed by atoms with Gasteiger partial charge >= 0.3 is 0 Å². The molecule has 0 saturated carbocycles. The predicted octanol–water partition coefficient (Wildman–Crippen LogP) is 4.31. The highest BCUT2D eigenvalue weighted by Crippen LogP contribution is 2.29. The van der Waals surface area contributed by atoms with Crippen LogP contribution in [0.1, 0.15) is 24.4 Å². The molecule has 2 heterocycles. The third kappa shape index (κ3) is 5.46. The summed E-state index contributed by atoms with van der Waals surface area (Å²) in [6.45, 7) is 4.52. The van der Waals surface area contributed by atoms with Crippen LogP contribution in [0.4, 0.5) is 5.95 Å². The number of carbonyl (C=O) groups is 1. The van der Waals surface area contributed by atoms with E-state index in [-0.39, 0.29) is 16.8 Å². The van der Waals surface area contributed by atoms with Crippen molar-refractivity contribution in [2.24, 2.45) is 0 Å². The molecule has 0 aliphatic rings.